The van der Waals surface area contributed by atoms with E-state index >= 15 is 0 Å². The third-order valence-corrected chi connectivity index (χ3v) is 5.27. The first kappa shape index (κ1) is 18.1. The number of fused-ring (bicyclic) bond motifs is 1. The molecule has 138 valence electrons. The van der Waals surface area contributed by atoms with Crippen molar-refractivity contribution >= 4 is 11.6 Å². The van der Waals surface area contributed by atoms with E-state index in [9.17, 15) is 4.39 Å². The second kappa shape index (κ2) is 8.15. The lowest BCUT2D eigenvalue weighted by molar-refractivity contribution is 0.279. The Morgan fingerprint density at radius 2 is 1.63 bits per heavy atom. The number of aromatic nitrogens is 2. The molecule has 0 aliphatic carbocycles. The van der Waals surface area contributed by atoms with E-state index in [0.29, 0.717) is 17.4 Å². The summed E-state index contributed by atoms with van der Waals surface area (Å²) in [7, 11) is 0. The van der Waals surface area contributed by atoms with Crippen molar-refractivity contribution in [1.82, 2.24) is 14.9 Å². The van der Waals surface area contributed by atoms with E-state index in [2.05, 4.69) is 34.1 Å². The molecule has 3 aromatic rings. The highest BCUT2D eigenvalue weighted by Crippen LogP contribution is 2.23. The van der Waals surface area contributed by atoms with E-state index in [1.807, 2.05) is 6.07 Å². The molecule has 1 aliphatic heterocycles. The Morgan fingerprint density at radius 1 is 0.889 bits per heavy atom. The summed E-state index contributed by atoms with van der Waals surface area (Å²) in [5.41, 5.74) is 4.40. The van der Waals surface area contributed by atoms with Crippen molar-refractivity contribution in [3.63, 3.8) is 0 Å². The summed E-state index contributed by atoms with van der Waals surface area (Å²) in [5, 5.41) is 0.554. The van der Waals surface area contributed by atoms with Crippen molar-refractivity contribution in [2.45, 2.75) is 25.8 Å². The number of hydrogen-bond donors (Lipinski definition) is 0. The van der Waals surface area contributed by atoms with Gasteiger partial charge in [-0.25, -0.2) is 14.4 Å². The maximum absolute atomic E-state index is 13.1. The molecule has 0 bridgehead atoms. The molecule has 0 saturated heterocycles. The normalized spacial score (nSPS) is 14.6. The Balaban J connectivity index is 1.49. The quantitative estimate of drug-likeness (QED) is 0.625. The third-order valence-electron chi connectivity index (χ3n) is 4.96. The van der Waals surface area contributed by atoms with Crippen LogP contribution in [0.3, 0.4) is 0 Å². The molecule has 3 nitrogen and oxygen atoms in total. The van der Waals surface area contributed by atoms with E-state index < -0.39 is 0 Å². The van der Waals surface area contributed by atoms with Crippen LogP contribution in [0.1, 0.15) is 28.2 Å². The SMILES string of the molecule is Fc1ccc(Cc2nc(Cl)c3c(n2)CCN(Cc2ccccc2)CC3)cc1. The molecule has 2 aromatic carbocycles. The summed E-state index contributed by atoms with van der Waals surface area (Å²) in [6.45, 7) is 2.83. The van der Waals surface area contributed by atoms with Crippen LogP contribution in [0.5, 0.6) is 0 Å². The molecule has 0 fully saturated rings. The van der Waals surface area contributed by atoms with E-state index in [-0.39, 0.29) is 5.82 Å². The number of benzene rings is 2. The Morgan fingerprint density at radius 3 is 2.41 bits per heavy atom. The van der Waals surface area contributed by atoms with Crippen LogP contribution in [0, 0.1) is 5.82 Å². The number of rotatable bonds is 4. The molecule has 1 aliphatic rings. The largest absolute Gasteiger partial charge is 0.298 e. The molecule has 5 heteroatoms. The lowest BCUT2D eigenvalue weighted by Crippen LogP contribution is -2.25. The van der Waals surface area contributed by atoms with Crippen LogP contribution < -0.4 is 0 Å². The van der Waals surface area contributed by atoms with Crippen LogP contribution in [-0.2, 0) is 25.8 Å². The highest BCUT2D eigenvalue weighted by molar-refractivity contribution is 6.30. The van der Waals surface area contributed by atoms with Crippen LogP contribution in [0.2, 0.25) is 5.15 Å². The first-order chi connectivity index (χ1) is 13.2. The van der Waals surface area contributed by atoms with Crippen molar-refractivity contribution in [3.05, 3.63) is 93.8 Å². The number of hydrogen-bond acceptors (Lipinski definition) is 3. The summed E-state index contributed by atoms with van der Waals surface area (Å²) in [6, 6.07) is 17.0. The summed E-state index contributed by atoms with van der Waals surface area (Å²) in [4.78, 5) is 11.7. The van der Waals surface area contributed by atoms with Crippen molar-refractivity contribution in [1.29, 1.82) is 0 Å². The molecular weight excluding hydrogens is 361 g/mol. The molecule has 0 spiro atoms. The van der Waals surface area contributed by atoms with Gasteiger partial charge in [-0.2, -0.15) is 0 Å². The zero-order chi connectivity index (χ0) is 18.6. The van der Waals surface area contributed by atoms with Gasteiger partial charge in [-0.3, -0.25) is 4.90 Å². The molecule has 0 radical (unpaired) electrons. The van der Waals surface area contributed by atoms with Gasteiger partial charge in [0.15, 0.2) is 0 Å². The lowest BCUT2D eigenvalue weighted by Gasteiger charge is -2.19. The maximum atomic E-state index is 13.1. The average molecular weight is 382 g/mol. The van der Waals surface area contributed by atoms with Crippen molar-refractivity contribution in [2.24, 2.45) is 0 Å². The van der Waals surface area contributed by atoms with Crippen LogP contribution in [0.15, 0.2) is 54.6 Å². The zero-order valence-electron chi connectivity index (χ0n) is 15.0. The summed E-state index contributed by atoms with van der Waals surface area (Å²) in [5.74, 6) is 0.458. The van der Waals surface area contributed by atoms with E-state index in [4.69, 9.17) is 16.6 Å². The van der Waals surface area contributed by atoms with E-state index in [0.717, 1.165) is 49.3 Å². The van der Waals surface area contributed by atoms with Crippen molar-refractivity contribution < 1.29 is 4.39 Å². The minimum atomic E-state index is -0.238. The van der Waals surface area contributed by atoms with Gasteiger partial charge in [0, 0.05) is 38.0 Å². The van der Waals surface area contributed by atoms with Gasteiger partial charge >= 0.3 is 0 Å². The Kier molecular flexibility index (Phi) is 5.46. The Bertz CT molecular complexity index is 913. The second-order valence-corrected chi connectivity index (χ2v) is 7.28. The minimum absolute atomic E-state index is 0.238. The maximum Gasteiger partial charge on any atom is 0.136 e. The monoisotopic (exact) mass is 381 g/mol. The average Bonchev–Trinajstić information content (AvgIpc) is 2.87. The fourth-order valence-electron chi connectivity index (χ4n) is 3.51. The first-order valence-electron chi connectivity index (χ1n) is 9.22. The van der Waals surface area contributed by atoms with Gasteiger partial charge in [-0.15, -0.1) is 0 Å². The molecule has 1 aromatic heterocycles. The number of nitrogens with zero attached hydrogens (tertiary/aromatic N) is 3. The first-order valence-corrected chi connectivity index (χ1v) is 9.60. The van der Waals surface area contributed by atoms with Crippen molar-refractivity contribution in [2.75, 3.05) is 13.1 Å². The molecule has 0 saturated carbocycles. The third kappa shape index (κ3) is 4.52. The van der Waals surface area contributed by atoms with Gasteiger partial charge < -0.3 is 0 Å². The predicted octanol–water partition coefficient (Wildman–Crippen LogP) is 4.46. The Labute approximate surface area is 163 Å². The molecule has 2 heterocycles. The van der Waals surface area contributed by atoms with Crippen LogP contribution in [0.25, 0.3) is 0 Å². The van der Waals surface area contributed by atoms with Crippen LogP contribution >= 0.6 is 11.6 Å². The molecule has 0 N–H and O–H groups in total. The fraction of sp³-hybridized carbons (Fsp3) is 0.273. The molecule has 0 atom stereocenters. The van der Waals surface area contributed by atoms with Crippen LogP contribution in [-0.4, -0.2) is 28.0 Å². The highest BCUT2D eigenvalue weighted by atomic mass is 35.5. The second-order valence-electron chi connectivity index (χ2n) is 6.92. The van der Waals surface area contributed by atoms with Crippen molar-refractivity contribution in [3.8, 4) is 0 Å². The highest BCUT2D eigenvalue weighted by Gasteiger charge is 2.19. The lowest BCUT2D eigenvalue weighted by atomic mass is 10.1. The van der Waals surface area contributed by atoms with Gasteiger partial charge in [-0.1, -0.05) is 54.1 Å². The molecule has 27 heavy (non-hydrogen) atoms. The van der Waals surface area contributed by atoms with E-state index in [1.54, 1.807) is 12.1 Å². The summed E-state index contributed by atoms with van der Waals surface area (Å²) < 4.78 is 13.1. The van der Waals surface area contributed by atoms with Gasteiger partial charge in [-0.05, 0) is 29.7 Å². The summed E-state index contributed by atoms with van der Waals surface area (Å²) >= 11 is 6.49. The van der Waals surface area contributed by atoms with Crippen LogP contribution in [0.4, 0.5) is 4.39 Å². The molecule has 0 unspecified atom stereocenters. The molecule has 0 amide bonds. The predicted molar refractivity (Wildman–Crippen MR) is 105 cm³/mol. The van der Waals surface area contributed by atoms with Gasteiger partial charge in [0.25, 0.3) is 0 Å². The molecular formula is C22H21ClFN3. The fourth-order valence-corrected chi connectivity index (χ4v) is 3.81. The minimum Gasteiger partial charge on any atom is -0.298 e. The standard InChI is InChI=1S/C22H21ClFN3/c23-22-19-10-12-27(15-17-4-2-1-3-5-17)13-11-20(19)25-21(26-22)14-16-6-8-18(24)9-7-16/h1-9H,10-15H2. The van der Waals surface area contributed by atoms with Gasteiger partial charge in [0.1, 0.15) is 16.8 Å². The topological polar surface area (TPSA) is 29.0 Å². The summed E-state index contributed by atoms with van der Waals surface area (Å²) in [6.07, 6.45) is 2.28. The zero-order valence-corrected chi connectivity index (χ0v) is 15.8. The Hall–Kier alpha value is -2.30. The molecule has 4 rings (SSSR count). The van der Waals surface area contributed by atoms with E-state index in [1.165, 1.54) is 17.7 Å². The van der Waals surface area contributed by atoms with Gasteiger partial charge in [0.05, 0.1) is 5.69 Å². The van der Waals surface area contributed by atoms with Gasteiger partial charge in [0.2, 0.25) is 0 Å². The smallest absolute Gasteiger partial charge is 0.136 e. The number of halogens is 2.